The fourth-order valence-electron chi connectivity index (χ4n) is 1.72. The van der Waals surface area contributed by atoms with Crippen LogP contribution in [0.5, 0.6) is 0 Å². The Morgan fingerprint density at radius 3 is 2.74 bits per heavy atom. The van der Waals surface area contributed by atoms with Crippen molar-refractivity contribution in [1.82, 2.24) is 0 Å². The monoisotopic (exact) mass is 274 g/mol. The zero-order chi connectivity index (χ0) is 13.8. The van der Waals surface area contributed by atoms with Gasteiger partial charge in [-0.3, -0.25) is 10.1 Å². The van der Waals surface area contributed by atoms with E-state index >= 15 is 0 Å². The van der Waals surface area contributed by atoms with Crippen LogP contribution in [0.15, 0.2) is 47.4 Å². The van der Waals surface area contributed by atoms with Crippen LogP contribution >= 0.6 is 11.8 Å². The topological polar surface area (TPSA) is 69.2 Å². The van der Waals surface area contributed by atoms with Crippen molar-refractivity contribution >= 4 is 23.1 Å². The maximum atomic E-state index is 10.7. The van der Waals surface area contributed by atoms with Crippen molar-refractivity contribution in [3.8, 4) is 0 Å². The highest BCUT2D eigenvalue weighted by Gasteiger charge is 2.06. The molecule has 0 aliphatic heterocycles. The van der Waals surface area contributed by atoms with E-state index in [0.717, 1.165) is 21.7 Å². The van der Waals surface area contributed by atoms with E-state index in [9.17, 15) is 10.1 Å². The molecule has 0 saturated carbocycles. The summed E-state index contributed by atoms with van der Waals surface area (Å²) >= 11 is 1.58. The average Bonchev–Trinajstić information content (AvgIpc) is 2.38. The molecular weight excluding hydrogens is 260 g/mol. The molecule has 0 amide bonds. The summed E-state index contributed by atoms with van der Waals surface area (Å²) in [7, 11) is 0. The highest BCUT2D eigenvalue weighted by Crippen LogP contribution is 2.29. The number of aryl methyl sites for hydroxylation is 1. The SMILES string of the molecule is Cc1ccc(SCc2cccc([N+](=O)[O-])c2)c(N)c1. The lowest BCUT2D eigenvalue weighted by atomic mass is 10.2. The van der Waals surface area contributed by atoms with Crippen molar-refractivity contribution in [3.05, 3.63) is 63.7 Å². The molecule has 0 aromatic heterocycles. The van der Waals surface area contributed by atoms with Gasteiger partial charge in [-0.1, -0.05) is 18.2 Å². The van der Waals surface area contributed by atoms with Crippen LogP contribution in [-0.4, -0.2) is 4.92 Å². The summed E-state index contributed by atoms with van der Waals surface area (Å²) < 4.78 is 0. The molecule has 0 radical (unpaired) electrons. The third-order valence-electron chi connectivity index (χ3n) is 2.68. The minimum absolute atomic E-state index is 0.120. The molecule has 0 fully saturated rings. The number of nitro benzene ring substituents is 1. The number of hydrogen-bond acceptors (Lipinski definition) is 4. The normalized spacial score (nSPS) is 10.4. The standard InChI is InChI=1S/C14H14N2O2S/c1-10-5-6-14(13(15)7-10)19-9-11-3-2-4-12(8-11)16(17)18/h2-8H,9,15H2,1H3. The Labute approximate surface area is 115 Å². The van der Waals surface area contributed by atoms with Gasteiger partial charge in [0.1, 0.15) is 0 Å². The Hall–Kier alpha value is -2.01. The molecule has 19 heavy (non-hydrogen) atoms. The first-order chi connectivity index (χ1) is 9.06. The Kier molecular flexibility index (Phi) is 4.06. The number of rotatable bonds is 4. The number of nitro groups is 1. The minimum Gasteiger partial charge on any atom is -0.398 e. The van der Waals surface area contributed by atoms with Gasteiger partial charge in [0, 0.05) is 28.5 Å². The Balaban J connectivity index is 2.10. The number of anilines is 1. The van der Waals surface area contributed by atoms with E-state index in [2.05, 4.69) is 0 Å². The van der Waals surface area contributed by atoms with Gasteiger partial charge in [0.15, 0.2) is 0 Å². The summed E-state index contributed by atoms with van der Waals surface area (Å²) in [5, 5.41) is 10.7. The predicted octanol–water partition coefficient (Wildman–Crippen LogP) is 3.78. The molecule has 0 saturated heterocycles. The Bertz CT molecular complexity index is 614. The third kappa shape index (κ3) is 3.48. The number of nitrogen functional groups attached to an aromatic ring is 1. The van der Waals surface area contributed by atoms with Gasteiger partial charge in [-0.15, -0.1) is 11.8 Å². The lowest BCUT2D eigenvalue weighted by Crippen LogP contribution is -1.91. The van der Waals surface area contributed by atoms with Crippen LogP contribution < -0.4 is 5.73 Å². The summed E-state index contributed by atoms with van der Waals surface area (Å²) in [5.41, 5.74) is 8.84. The van der Waals surface area contributed by atoms with Gasteiger partial charge in [0.05, 0.1) is 4.92 Å². The minimum atomic E-state index is -0.381. The molecule has 2 aromatic rings. The molecule has 5 heteroatoms. The van der Waals surface area contributed by atoms with Gasteiger partial charge >= 0.3 is 0 Å². The number of hydrogen-bond donors (Lipinski definition) is 1. The molecule has 2 N–H and O–H groups in total. The summed E-state index contributed by atoms with van der Waals surface area (Å²) in [6.45, 7) is 1.99. The van der Waals surface area contributed by atoms with Crippen molar-refractivity contribution in [3.63, 3.8) is 0 Å². The molecule has 0 bridgehead atoms. The molecule has 2 aromatic carbocycles. The quantitative estimate of drug-likeness (QED) is 0.399. The van der Waals surface area contributed by atoms with Crippen LogP contribution in [0.3, 0.4) is 0 Å². The molecule has 0 unspecified atom stereocenters. The van der Waals surface area contributed by atoms with Gasteiger partial charge in [-0.2, -0.15) is 0 Å². The summed E-state index contributed by atoms with van der Waals surface area (Å²) in [5.74, 6) is 0.662. The number of non-ortho nitro benzene ring substituents is 1. The second-order valence-corrected chi connectivity index (χ2v) is 5.27. The maximum absolute atomic E-state index is 10.7. The largest absolute Gasteiger partial charge is 0.398 e. The molecule has 0 atom stereocenters. The molecule has 0 heterocycles. The predicted molar refractivity (Wildman–Crippen MR) is 78.2 cm³/mol. The summed E-state index contributed by atoms with van der Waals surface area (Å²) in [6.07, 6.45) is 0. The van der Waals surface area contributed by atoms with Gasteiger partial charge < -0.3 is 5.73 Å². The summed E-state index contributed by atoms with van der Waals surface area (Å²) in [4.78, 5) is 11.3. The second kappa shape index (κ2) is 5.75. The van der Waals surface area contributed by atoms with Crippen LogP contribution in [0.4, 0.5) is 11.4 Å². The molecule has 0 aliphatic rings. The lowest BCUT2D eigenvalue weighted by Gasteiger charge is -2.06. The van der Waals surface area contributed by atoms with Crippen LogP contribution in [0.1, 0.15) is 11.1 Å². The van der Waals surface area contributed by atoms with Gasteiger partial charge in [0.2, 0.25) is 0 Å². The van der Waals surface area contributed by atoms with E-state index in [1.807, 2.05) is 31.2 Å². The lowest BCUT2D eigenvalue weighted by molar-refractivity contribution is -0.384. The number of nitrogens with zero attached hydrogens (tertiary/aromatic N) is 1. The zero-order valence-electron chi connectivity index (χ0n) is 10.5. The highest BCUT2D eigenvalue weighted by molar-refractivity contribution is 7.98. The maximum Gasteiger partial charge on any atom is 0.269 e. The van der Waals surface area contributed by atoms with E-state index in [-0.39, 0.29) is 10.6 Å². The first kappa shape index (κ1) is 13.4. The number of thioether (sulfide) groups is 1. The van der Waals surface area contributed by atoms with Crippen molar-refractivity contribution < 1.29 is 4.92 Å². The first-order valence-corrected chi connectivity index (χ1v) is 6.77. The molecule has 0 spiro atoms. The molecule has 4 nitrogen and oxygen atoms in total. The van der Waals surface area contributed by atoms with Crippen LogP contribution in [0.25, 0.3) is 0 Å². The smallest absolute Gasteiger partial charge is 0.269 e. The molecule has 98 valence electrons. The van der Waals surface area contributed by atoms with E-state index in [1.54, 1.807) is 23.9 Å². The van der Waals surface area contributed by atoms with E-state index in [0.29, 0.717) is 5.75 Å². The van der Waals surface area contributed by atoms with Crippen LogP contribution in [0, 0.1) is 17.0 Å². The highest BCUT2D eigenvalue weighted by atomic mass is 32.2. The molecular formula is C14H14N2O2S. The van der Waals surface area contributed by atoms with Gasteiger partial charge in [-0.25, -0.2) is 0 Å². The van der Waals surface area contributed by atoms with Crippen molar-refractivity contribution in [1.29, 1.82) is 0 Å². The zero-order valence-corrected chi connectivity index (χ0v) is 11.3. The van der Waals surface area contributed by atoms with E-state index < -0.39 is 0 Å². The molecule has 2 rings (SSSR count). The van der Waals surface area contributed by atoms with Crippen LogP contribution in [0.2, 0.25) is 0 Å². The summed E-state index contributed by atoms with van der Waals surface area (Å²) in [6, 6.07) is 12.6. The fraction of sp³-hybridized carbons (Fsp3) is 0.143. The first-order valence-electron chi connectivity index (χ1n) is 5.78. The van der Waals surface area contributed by atoms with Crippen molar-refractivity contribution in [2.75, 3.05) is 5.73 Å². The van der Waals surface area contributed by atoms with Gasteiger partial charge in [0.25, 0.3) is 5.69 Å². The van der Waals surface area contributed by atoms with Crippen LogP contribution in [-0.2, 0) is 5.75 Å². The van der Waals surface area contributed by atoms with Gasteiger partial charge in [-0.05, 0) is 30.2 Å². The average molecular weight is 274 g/mol. The third-order valence-corrected chi connectivity index (χ3v) is 3.84. The van der Waals surface area contributed by atoms with E-state index in [4.69, 9.17) is 5.73 Å². The number of nitrogens with two attached hydrogens (primary N) is 1. The Morgan fingerprint density at radius 2 is 2.05 bits per heavy atom. The van der Waals surface area contributed by atoms with Crippen molar-refractivity contribution in [2.45, 2.75) is 17.6 Å². The number of benzene rings is 2. The van der Waals surface area contributed by atoms with Crippen molar-refractivity contribution in [2.24, 2.45) is 0 Å². The second-order valence-electron chi connectivity index (χ2n) is 4.26. The molecule has 0 aliphatic carbocycles. The Morgan fingerprint density at radius 1 is 1.26 bits per heavy atom. The van der Waals surface area contributed by atoms with E-state index in [1.165, 1.54) is 6.07 Å². The fourth-order valence-corrected chi connectivity index (χ4v) is 2.61.